The second-order valence-corrected chi connectivity index (χ2v) is 14.4. The molecular weight excluding hydrogens is 623 g/mol. The average molecular weight is 665 g/mol. The molecule has 0 amide bonds. The lowest BCUT2D eigenvalue weighted by molar-refractivity contribution is 0.0982. The van der Waals surface area contributed by atoms with Crippen LogP contribution in [-0.4, -0.2) is 87.7 Å². The van der Waals surface area contributed by atoms with Gasteiger partial charge in [-0.3, -0.25) is 4.90 Å². The molecule has 11 heteroatoms. The van der Waals surface area contributed by atoms with Crippen LogP contribution in [0.25, 0.3) is 10.9 Å². The van der Waals surface area contributed by atoms with Crippen molar-refractivity contribution in [2.24, 2.45) is 0 Å². The van der Waals surface area contributed by atoms with Crippen LogP contribution < -0.4 is 20.3 Å². The van der Waals surface area contributed by atoms with Crippen molar-refractivity contribution < 1.29 is 13.2 Å². The van der Waals surface area contributed by atoms with Crippen LogP contribution in [-0.2, 0) is 9.84 Å². The molecule has 3 heterocycles. The Labute approximate surface area is 282 Å². The highest BCUT2D eigenvalue weighted by atomic mass is 32.2. The number of rotatable bonds is 9. The summed E-state index contributed by atoms with van der Waals surface area (Å²) < 4.78 is 30.8. The van der Waals surface area contributed by atoms with Gasteiger partial charge in [0.15, 0.2) is 0 Å². The van der Waals surface area contributed by atoms with Gasteiger partial charge in [0.2, 0.25) is 5.95 Å². The number of ether oxygens (including phenoxy) is 1. The summed E-state index contributed by atoms with van der Waals surface area (Å²) in [5.41, 5.74) is 3.10. The predicted octanol–water partition coefficient (Wildman–Crippen LogP) is 6.33. The lowest BCUT2D eigenvalue weighted by Crippen LogP contribution is -2.52. The van der Waals surface area contributed by atoms with Gasteiger partial charge in [-0.1, -0.05) is 42.5 Å². The SMILES string of the molecule is COc1cc(N2CCC(N3CCN(C)CC3)CC2)ccc1Nc1nc(Nc2ccccc2S(=O)(=[OH+])c2ccccc2)c2ccccc2n1. The number of benzene rings is 4. The minimum atomic E-state index is -3.53. The summed E-state index contributed by atoms with van der Waals surface area (Å²) in [6.07, 6.45) is 2.32. The number of nitrogens with zero attached hydrogens (tertiary/aromatic N) is 5. The number of piperidine rings is 1. The second kappa shape index (κ2) is 13.8. The van der Waals surface area contributed by atoms with Crippen LogP contribution >= 0.6 is 0 Å². The van der Waals surface area contributed by atoms with Crippen molar-refractivity contribution in [3.05, 3.63) is 97.1 Å². The van der Waals surface area contributed by atoms with E-state index in [4.69, 9.17) is 14.7 Å². The van der Waals surface area contributed by atoms with E-state index in [2.05, 4.69) is 44.5 Å². The number of likely N-dealkylation sites (N-methyl/N-ethyl adjacent to an activating group) is 1. The van der Waals surface area contributed by atoms with Crippen molar-refractivity contribution in [1.29, 1.82) is 0 Å². The molecule has 7 rings (SSSR count). The molecule has 0 saturated carbocycles. The molecule has 1 unspecified atom stereocenters. The van der Waals surface area contributed by atoms with Gasteiger partial charge in [0.05, 0.1) is 24.0 Å². The second-order valence-electron chi connectivity index (χ2n) is 12.4. The Morgan fingerprint density at radius 3 is 2.27 bits per heavy atom. The third-order valence-electron chi connectivity index (χ3n) is 9.42. The van der Waals surface area contributed by atoms with E-state index in [0.717, 1.165) is 74.4 Å². The topological polar surface area (TPSA) is 107 Å². The third-order valence-corrected chi connectivity index (χ3v) is 11.3. The first-order chi connectivity index (χ1) is 23.4. The molecule has 0 radical (unpaired) electrons. The molecule has 248 valence electrons. The Balaban J connectivity index is 1.13. The first kappa shape index (κ1) is 31.9. The third kappa shape index (κ3) is 6.66. The molecule has 0 aliphatic carbocycles. The average Bonchev–Trinajstić information content (AvgIpc) is 3.13. The van der Waals surface area contributed by atoms with Gasteiger partial charge < -0.3 is 25.2 Å². The molecule has 0 bridgehead atoms. The summed E-state index contributed by atoms with van der Waals surface area (Å²) in [5.74, 6) is 1.59. The predicted molar refractivity (Wildman–Crippen MR) is 193 cm³/mol. The zero-order chi connectivity index (χ0) is 33.1. The zero-order valence-electron chi connectivity index (χ0n) is 27.4. The number of anilines is 5. The van der Waals surface area contributed by atoms with Gasteiger partial charge in [0.25, 0.3) is 0 Å². The van der Waals surface area contributed by atoms with Crippen molar-refractivity contribution in [2.75, 3.05) is 69.0 Å². The summed E-state index contributed by atoms with van der Waals surface area (Å²) in [6, 6.07) is 30.3. The fourth-order valence-corrected chi connectivity index (χ4v) is 8.14. The zero-order valence-corrected chi connectivity index (χ0v) is 28.2. The van der Waals surface area contributed by atoms with Crippen molar-refractivity contribution >= 4 is 49.6 Å². The monoisotopic (exact) mass is 664 g/mol. The lowest BCUT2D eigenvalue weighted by Gasteiger charge is -2.42. The number of aromatic nitrogens is 2. The van der Waals surface area contributed by atoms with E-state index < -0.39 is 9.84 Å². The van der Waals surface area contributed by atoms with E-state index in [0.29, 0.717) is 34.1 Å². The van der Waals surface area contributed by atoms with Crippen LogP contribution in [0.3, 0.4) is 0 Å². The van der Waals surface area contributed by atoms with Gasteiger partial charge >= 0.3 is 9.84 Å². The molecule has 48 heavy (non-hydrogen) atoms. The molecule has 2 saturated heterocycles. The Kier molecular flexibility index (Phi) is 9.16. The van der Waals surface area contributed by atoms with Gasteiger partial charge in [-0.2, -0.15) is 9.19 Å². The van der Waals surface area contributed by atoms with Crippen molar-refractivity contribution in [2.45, 2.75) is 28.7 Å². The maximum Gasteiger partial charge on any atom is 0.334 e. The van der Waals surface area contributed by atoms with Gasteiger partial charge in [0.1, 0.15) is 21.4 Å². The van der Waals surface area contributed by atoms with Gasteiger partial charge in [-0.05, 0) is 68.4 Å². The summed E-state index contributed by atoms with van der Waals surface area (Å²) in [7, 11) is 0.350. The largest absolute Gasteiger partial charge is 0.494 e. The summed E-state index contributed by atoms with van der Waals surface area (Å²) in [4.78, 5) is 17.8. The first-order valence-corrected chi connectivity index (χ1v) is 18.0. The Hall–Kier alpha value is -4.71. The van der Waals surface area contributed by atoms with Crippen LogP contribution in [0.4, 0.5) is 28.8 Å². The summed E-state index contributed by atoms with van der Waals surface area (Å²) in [6.45, 7) is 6.65. The minimum Gasteiger partial charge on any atom is -0.494 e. The molecule has 1 atom stereocenters. The van der Waals surface area contributed by atoms with E-state index in [1.807, 2.05) is 42.5 Å². The number of para-hydroxylation sites is 2. The molecule has 5 aromatic rings. The summed E-state index contributed by atoms with van der Waals surface area (Å²) >= 11 is 0. The first-order valence-electron chi connectivity index (χ1n) is 16.5. The maximum absolute atomic E-state index is 13.7. The Bertz CT molecular complexity index is 1990. The summed E-state index contributed by atoms with van der Waals surface area (Å²) in [5, 5.41) is 7.51. The molecule has 10 nitrogen and oxygen atoms in total. The lowest BCUT2D eigenvalue weighted by atomic mass is 10.0. The number of methoxy groups -OCH3 is 1. The van der Waals surface area contributed by atoms with E-state index >= 15 is 0 Å². The molecular formula is C37H42N7O3S+. The molecule has 2 fully saturated rings. The van der Waals surface area contributed by atoms with Gasteiger partial charge in [-0.15, -0.1) is 0 Å². The molecule has 3 N–H and O–H groups in total. The minimum absolute atomic E-state index is 0.276. The molecule has 2 aliphatic heterocycles. The van der Waals surface area contributed by atoms with E-state index in [-0.39, 0.29) is 4.90 Å². The Morgan fingerprint density at radius 2 is 1.50 bits per heavy atom. The number of piperazine rings is 1. The van der Waals surface area contributed by atoms with Crippen molar-refractivity contribution in [3.8, 4) is 5.75 Å². The van der Waals surface area contributed by atoms with Crippen molar-refractivity contribution in [3.63, 3.8) is 0 Å². The smallest absolute Gasteiger partial charge is 0.334 e. The highest BCUT2D eigenvalue weighted by Gasteiger charge is 2.28. The fourth-order valence-electron chi connectivity index (χ4n) is 6.68. The maximum atomic E-state index is 13.7. The number of fused-ring (bicyclic) bond motifs is 1. The van der Waals surface area contributed by atoms with Crippen LogP contribution in [0.2, 0.25) is 0 Å². The van der Waals surface area contributed by atoms with Crippen LogP contribution in [0.5, 0.6) is 5.75 Å². The van der Waals surface area contributed by atoms with Gasteiger partial charge in [-0.25, -0.2) is 9.19 Å². The van der Waals surface area contributed by atoms with E-state index in [1.165, 1.54) is 0 Å². The molecule has 1 aromatic heterocycles. The number of hydrogen-bond donors (Lipinski definition) is 2. The number of hydrogen-bond acceptors (Lipinski definition) is 9. The van der Waals surface area contributed by atoms with Crippen molar-refractivity contribution in [1.82, 2.24) is 19.8 Å². The molecule has 0 spiro atoms. The quantitative estimate of drug-likeness (QED) is 0.175. The highest BCUT2D eigenvalue weighted by Crippen LogP contribution is 2.35. The molecule has 2 aliphatic rings. The highest BCUT2D eigenvalue weighted by molar-refractivity contribution is 7.91. The van der Waals surface area contributed by atoms with Crippen LogP contribution in [0, 0.1) is 0 Å². The van der Waals surface area contributed by atoms with Crippen LogP contribution in [0.1, 0.15) is 12.8 Å². The fraction of sp³-hybridized carbons (Fsp3) is 0.297. The van der Waals surface area contributed by atoms with Gasteiger partial charge in [0, 0.05) is 62.5 Å². The van der Waals surface area contributed by atoms with E-state index in [1.54, 1.807) is 49.6 Å². The normalized spacial score (nSPS) is 17.6. The Morgan fingerprint density at radius 1 is 0.792 bits per heavy atom. The van der Waals surface area contributed by atoms with E-state index in [9.17, 15) is 8.42 Å². The van der Waals surface area contributed by atoms with Crippen LogP contribution in [0.15, 0.2) is 107 Å². The molecule has 4 aromatic carbocycles. The number of nitrogens with one attached hydrogen (secondary N) is 2. The standard InChI is InChI=1S/C37H41N7O3S/c1-42-22-24-44(25-23-42)27-18-20-43(21-19-27)28-16-17-32(34(26-28)47-2)40-37-39-31-13-7-6-12-30(31)36(41-37)38-33-14-8-9-15-35(33)48(45,46)29-10-4-3-5-11-29/h3-17,26-27H,18-25H2,1-2H3,(H2,38,39,40,41)/p+1.